The van der Waals surface area contributed by atoms with Gasteiger partial charge in [-0.1, -0.05) is 12.1 Å². The van der Waals surface area contributed by atoms with Crippen molar-refractivity contribution in [3.8, 4) is 0 Å². The van der Waals surface area contributed by atoms with Crippen LogP contribution in [0.3, 0.4) is 0 Å². The lowest BCUT2D eigenvalue weighted by molar-refractivity contribution is -0.123. The zero-order chi connectivity index (χ0) is 13.8. The fraction of sp³-hybridized carbons (Fsp3) is 0.357. The Labute approximate surface area is 112 Å². The summed E-state index contributed by atoms with van der Waals surface area (Å²) >= 11 is 0. The molecule has 0 spiro atoms. The van der Waals surface area contributed by atoms with Gasteiger partial charge in [-0.15, -0.1) is 6.58 Å². The standard InChI is InChI=1S/C14H18N2O3/c1-3-6-16(7-8-19-2)10-4-5-11-12(9-10)15-14(18)13(11)17/h3-5,9,13,17H,1,6-8H2,2H3,(H,15,18). The third kappa shape index (κ3) is 2.77. The number of ether oxygens (including phenoxy) is 1. The molecule has 0 aromatic heterocycles. The first kappa shape index (κ1) is 13.6. The van der Waals surface area contributed by atoms with Crippen LogP contribution in [0.4, 0.5) is 11.4 Å². The van der Waals surface area contributed by atoms with Crippen molar-refractivity contribution in [3.05, 3.63) is 36.4 Å². The number of hydrogen-bond donors (Lipinski definition) is 2. The largest absolute Gasteiger partial charge is 0.383 e. The lowest BCUT2D eigenvalue weighted by Crippen LogP contribution is -2.27. The molecule has 2 rings (SSSR count). The van der Waals surface area contributed by atoms with Gasteiger partial charge in [0.2, 0.25) is 0 Å². The maximum absolute atomic E-state index is 11.4. The molecule has 1 atom stereocenters. The molecule has 0 aliphatic carbocycles. The van der Waals surface area contributed by atoms with Gasteiger partial charge in [0.05, 0.1) is 6.61 Å². The van der Waals surface area contributed by atoms with Gasteiger partial charge in [0.25, 0.3) is 5.91 Å². The van der Waals surface area contributed by atoms with E-state index in [1.807, 2.05) is 18.2 Å². The number of rotatable bonds is 6. The topological polar surface area (TPSA) is 61.8 Å². The van der Waals surface area contributed by atoms with Crippen LogP contribution in [0.5, 0.6) is 0 Å². The molecule has 19 heavy (non-hydrogen) atoms. The van der Waals surface area contributed by atoms with Crippen molar-refractivity contribution in [3.63, 3.8) is 0 Å². The van der Waals surface area contributed by atoms with Gasteiger partial charge >= 0.3 is 0 Å². The zero-order valence-electron chi connectivity index (χ0n) is 10.9. The predicted octanol–water partition coefficient (Wildman–Crippen LogP) is 1.31. The van der Waals surface area contributed by atoms with E-state index in [1.54, 1.807) is 13.2 Å². The van der Waals surface area contributed by atoms with Crippen LogP contribution in [0.15, 0.2) is 30.9 Å². The van der Waals surface area contributed by atoms with Crippen LogP contribution in [0.2, 0.25) is 0 Å². The molecule has 1 unspecified atom stereocenters. The van der Waals surface area contributed by atoms with Crippen molar-refractivity contribution in [2.45, 2.75) is 6.10 Å². The molecule has 1 aromatic carbocycles. The second-order valence-electron chi connectivity index (χ2n) is 4.39. The Balaban J connectivity index is 2.22. The van der Waals surface area contributed by atoms with E-state index in [0.29, 0.717) is 24.4 Å². The molecule has 1 aliphatic rings. The molecule has 1 heterocycles. The van der Waals surface area contributed by atoms with Crippen molar-refractivity contribution in [1.82, 2.24) is 0 Å². The van der Waals surface area contributed by atoms with Crippen LogP contribution in [-0.4, -0.2) is 37.8 Å². The molecule has 5 heteroatoms. The average Bonchev–Trinajstić information content (AvgIpc) is 2.69. The van der Waals surface area contributed by atoms with Crippen LogP contribution in [0.1, 0.15) is 11.7 Å². The van der Waals surface area contributed by atoms with E-state index in [0.717, 1.165) is 12.2 Å². The Morgan fingerprint density at radius 2 is 2.37 bits per heavy atom. The normalized spacial score (nSPS) is 16.9. The molecule has 1 aromatic rings. The quantitative estimate of drug-likeness (QED) is 0.759. The number of aliphatic hydroxyl groups is 1. The van der Waals surface area contributed by atoms with Crippen molar-refractivity contribution in [2.75, 3.05) is 37.0 Å². The Bertz CT molecular complexity index is 488. The van der Waals surface area contributed by atoms with Crippen molar-refractivity contribution < 1.29 is 14.6 Å². The van der Waals surface area contributed by atoms with E-state index in [1.165, 1.54) is 0 Å². The molecular formula is C14H18N2O3. The number of anilines is 2. The summed E-state index contributed by atoms with van der Waals surface area (Å²) in [5.41, 5.74) is 2.26. The lowest BCUT2D eigenvalue weighted by atomic mass is 10.1. The number of nitrogens with zero attached hydrogens (tertiary/aromatic N) is 1. The molecule has 0 bridgehead atoms. The van der Waals surface area contributed by atoms with E-state index < -0.39 is 6.10 Å². The first-order chi connectivity index (χ1) is 9.17. The third-order valence-corrected chi connectivity index (χ3v) is 3.12. The average molecular weight is 262 g/mol. The Morgan fingerprint density at radius 3 is 3.05 bits per heavy atom. The van der Waals surface area contributed by atoms with Crippen LogP contribution in [0.25, 0.3) is 0 Å². The molecule has 0 saturated heterocycles. The second-order valence-corrected chi connectivity index (χ2v) is 4.39. The molecule has 2 N–H and O–H groups in total. The summed E-state index contributed by atoms with van der Waals surface area (Å²) in [5.74, 6) is -0.376. The summed E-state index contributed by atoms with van der Waals surface area (Å²) in [7, 11) is 1.66. The summed E-state index contributed by atoms with van der Waals surface area (Å²) in [6, 6.07) is 5.53. The van der Waals surface area contributed by atoms with E-state index in [-0.39, 0.29) is 5.91 Å². The van der Waals surface area contributed by atoms with Crippen LogP contribution in [0, 0.1) is 0 Å². The number of amides is 1. The number of carbonyl (C=O) groups is 1. The monoisotopic (exact) mass is 262 g/mol. The third-order valence-electron chi connectivity index (χ3n) is 3.12. The molecule has 0 radical (unpaired) electrons. The van der Waals surface area contributed by atoms with Gasteiger partial charge in [-0.3, -0.25) is 4.79 Å². The van der Waals surface area contributed by atoms with Gasteiger partial charge in [0.15, 0.2) is 6.10 Å². The molecule has 102 valence electrons. The molecule has 0 fully saturated rings. The molecule has 5 nitrogen and oxygen atoms in total. The maximum atomic E-state index is 11.4. The summed E-state index contributed by atoms with van der Waals surface area (Å²) < 4.78 is 5.08. The fourth-order valence-corrected chi connectivity index (χ4v) is 2.11. The minimum Gasteiger partial charge on any atom is -0.383 e. The summed E-state index contributed by atoms with van der Waals surface area (Å²) in [5, 5.41) is 12.3. The van der Waals surface area contributed by atoms with Gasteiger partial charge in [-0.25, -0.2) is 0 Å². The highest BCUT2D eigenvalue weighted by Gasteiger charge is 2.28. The Hall–Kier alpha value is -1.85. The summed E-state index contributed by atoms with van der Waals surface area (Å²) in [6.45, 7) is 5.78. The Kier molecular flexibility index (Phi) is 4.19. The molecule has 1 amide bonds. The molecular weight excluding hydrogens is 244 g/mol. The number of nitrogens with one attached hydrogen (secondary N) is 1. The van der Waals surface area contributed by atoms with Gasteiger partial charge in [-0.05, 0) is 12.1 Å². The number of methoxy groups -OCH3 is 1. The van der Waals surface area contributed by atoms with Gasteiger partial charge in [0, 0.05) is 37.1 Å². The van der Waals surface area contributed by atoms with Gasteiger partial charge < -0.3 is 20.1 Å². The minimum absolute atomic E-state index is 0.376. The second kappa shape index (κ2) is 5.86. The van der Waals surface area contributed by atoms with Gasteiger partial charge in [0.1, 0.15) is 0 Å². The number of hydrogen-bond acceptors (Lipinski definition) is 4. The SMILES string of the molecule is C=CCN(CCOC)c1ccc2c(c1)NC(=O)C2O. The summed E-state index contributed by atoms with van der Waals surface area (Å²) in [6.07, 6.45) is 0.756. The van der Waals surface area contributed by atoms with E-state index in [9.17, 15) is 9.90 Å². The predicted molar refractivity (Wildman–Crippen MR) is 74.3 cm³/mol. The Morgan fingerprint density at radius 1 is 1.58 bits per heavy atom. The zero-order valence-corrected chi connectivity index (χ0v) is 10.9. The van der Waals surface area contributed by atoms with Crippen LogP contribution in [-0.2, 0) is 9.53 Å². The highest BCUT2D eigenvalue weighted by atomic mass is 16.5. The maximum Gasteiger partial charge on any atom is 0.257 e. The minimum atomic E-state index is -1.06. The number of fused-ring (bicyclic) bond motifs is 1. The van der Waals surface area contributed by atoms with E-state index in [2.05, 4.69) is 16.8 Å². The highest BCUT2D eigenvalue weighted by Crippen LogP contribution is 2.33. The van der Waals surface area contributed by atoms with E-state index in [4.69, 9.17) is 4.74 Å². The summed E-state index contributed by atoms with van der Waals surface area (Å²) in [4.78, 5) is 13.5. The number of aliphatic hydroxyl groups excluding tert-OH is 1. The lowest BCUT2D eigenvalue weighted by Gasteiger charge is -2.23. The van der Waals surface area contributed by atoms with Crippen molar-refractivity contribution in [2.24, 2.45) is 0 Å². The fourth-order valence-electron chi connectivity index (χ4n) is 2.11. The van der Waals surface area contributed by atoms with E-state index >= 15 is 0 Å². The van der Waals surface area contributed by atoms with Crippen LogP contribution < -0.4 is 10.2 Å². The highest BCUT2D eigenvalue weighted by molar-refractivity contribution is 6.02. The molecule has 0 saturated carbocycles. The first-order valence-corrected chi connectivity index (χ1v) is 6.15. The number of benzene rings is 1. The molecule has 1 aliphatic heterocycles. The van der Waals surface area contributed by atoms with Crippen molar-refractivity contribution >= 4 is 17.3 Å². The number of carbonyl (C=O) groups excluding carboxylic acids is 1. The smallest absolute Gasteiger partial charge is 0.257 e. The van der Waals surface area contributed by atoms with Crippen LogP contribution >= 0.6 is 0 Å². The van der Waals surface area contributed by atoms with Crippen molar-refractivity contribution in [1.29, 1.82) is 0 Å². The first-order valence-electron chi connectivity index (χ1n) is 6.15. The van der Waals surface area contributed by atoms with Gasteiger partial charge in [-0.2, -0.15) is 0 Å².